The number of hydrogen-bond donors (Lipinski definition) is 1. The lowest BCUT2D eigenvalue weighted by molar-refractivity contribution is 0.224. The maximum Gasteiger partial charge on any atom is 0.133 e. The average Bonchev–Trinajstić information content (AvgIpc) is 2.78. The van der Waals surface area contributed by atoms with Gasteiger partial charge in [-0.1, -0.05) is 6.07 Å². The first-order valence-electron chi connectivity index (χ1n) is 5.78. The highest BCUT2D eigenvalue weighted by Gasteiger charge is 2.14. The summed E-state index contributed by atoms with van der Waals surface area (Å²) in [5, 5.41) is 10.3. The van der Waals surface area contributed by atoms with Crippen LogP contribution in [0.15, 0.2) is 34.8 Å². The molecule has 0 aliphatic rings. The Morgan fingerprint density at radius 1 is 1.33 bits per heavy atom. The van der Waals surface area contributed by atoms with Crippen molar-refractivity contribution in [3.05, 3.63) is 50.1 Å². The minimum Gasteiger partial charge on any atom is -0.493 e. The van der Waals surface area contributed by atoms with Crippen molar-refractivity contribution in [3.8, 4) is 5.75 Å². The molecule has 1 atom stereocenters. The zero-order chi connectivity index (χ0) is 13.1. The molecular formula is C14H15BrO2S. The van der Waals surface area contributed by atoms with E-state index in [1.54, 1.807) is 11.3 Å². The maximum atomic E-state index is 10.3. The summed E-state index contributed by atoms with van der Waals surface area (Å²) in [6.07, 6.45) is -0.573. The molecule has 0 radical (unpaired) electrons. The fourth-order valence-corrected chi connectivity index (χ4v) is 3.13. The second-order valence-electron chi connectivity index (χ2n) is 3.97. The SMILES string of the molecule is CCOc1ccc(C(O)c2ccc(C)s2)cc1Br. The Kier molecular flexibility index (Phi) is 4.43. The summed E-state index contributed by atoms with van der Waals surface area (Å²) in [7, 11) is 0. The standard InChI is InChI=1S/C14H15BrO2S/c1-3-17-12-6-5-10(8-11(12)15)14(16)13-7-4-9(2)18-13/h4-8,14,16H,3H2,1-2H3. The van der Waals surface area contributed by atoms with E-state index in [2.05, 4.69) is 15.9 Å². The van der Waals surface area contributed by atoms with E-state index in [-0.39, 0.29) is 0 Å². The number of benzene rings is 1. The minimum atomic E-state index is -0.573. The molecule has 0 saturated heterocycles. The van der Waals surface area contributed by atoms with Crippen molar-refractivity contribution in [1.82, 2.24) is 0 Å². The van der Waals surface area contributed by atoms with E-state index in [4.69, 9.17) is 4.74 Å². The smallest absolute Gasteiger partial charge is 0.133 e. The molecule has 0 saturated carbocycles. The van der Waals surface area contributed by atoms with Crippen molar-refractivity contribution in [2.45, 2.75) is 20.0 Å². The highest BCUT2D eigenvalue weighted by molar-refractivity contribution is 9.10. The number of aliphatic hydroxyl groups excluding tert-OH is 1. The van der Waals surface area contributed by atoms with Gasteiger partial charge in [0.2, 0.25) is 0 Å². The maximum absolute atomic E-state index is 10.3. The summed E-state index contributed by atoms with van der Waals surface area (Å²) < 4.78 is 6.32. The Labute approximate surface area is 119 Å². The molecule has 96 valence electrons. The van der Waals surface area contributed by atoms with Crippen molar-refractivity contribution < 1.29 is 9.84 Å². The van der Waals surface area contributed by atoms with Gasteiger partial charge >= 0.3 is 0 Å². The third-order valence-corrected chi connectivity index (χ3v) is 4.27. The first-order chi connectivity index (χ1) is 8.61. The second kappa shape index (κ2) is 5.87. The summed E-state index contributed by atoms with van der Waals surface area (Å²) in [6, 6.07) is 9.68. The van der Waals surface area contributed by atoms with Crippen LogP contribution in [0.1, 0.15) is 28.3 Å². The number of aliphatic hydroxyl groups is 1. The quantitative estimate of drug-likeness (QED) is 0.907. The number of rotatable bonds is 4. The van der Waals surface area contributed by atoms with Gasteiger partial charge in [-0.15, -0.1) is 11.3 Å². The average molecular weight is 327 g/mol. The highest BCUT2D eigenvalue weighted by Crippen LogP contribution is 2.33. The number of halogens is 1. The van der Waals surface area contributed by atoms with Crippen LogP contribution >= 0.6 is 27.3 Å². The van der Waals surface area contributed by atoms with Gasteiger partial charge in [0.05, 0.1) is 11.1 Å². The van der Waals surface area contributed by atoms with Crippen LogP contribution in [-0.4, -0.2) is 11.7 Å². The van der Waals surface area contributed by atoms with Crippen molar-refractivity contribution in [2.75, 3.05) is 6.61 Å². The van der Waals surface area contributed by atoms with Crippen LogP contribution in [0.25, 0.3) is 0 Å². The molecule has 1 aromatic carbocycles. The Hall–Kier alpha value is -0.840. The van der Waals surface area contributed by atoms with E-state index in [0.717, 1.165) is 20.7 Å². The molecule has 4 heteroatoms. The Morgan fingerprint density at radius 2 is 2.11 bits per heavy atom. The van der Waals surface area contributed by atoms with Crippen LogP contribution in [-0.2, 0) is 0 Å². The van der Waals surface area contributed by atoms with E-state index < -0.39 is 6.10 Å². The summed E-state index contributed by atoms with van der Waals surface area (Å²) >= 11 is 5.08. The van der Waals surface area contributed by atoms with Gasteiger partial charge < -0.3 is 9.84 Å². The molecule has 1 heterocycles. The lowest BCUT2D eigenvalue weighted by atomic mass is 10.1. The van der Waals surface area contributed by atoms with Gasteiger partial charge in [-0.2, -0.15) is 0 Å². The molecule has 1 N–H and O–H groups in total. The lowest BCUT2D eigenvalue weighted by Gasteiger charge is -2.12. The van der Waals surface area contributed by atoms with Crippen LogP contribution in [0.5, 0.6) is 5.75 Å². The first kappa shape index (κ1) is 13.6. The molecule has 18 heavy (non-hydrogen) atoms. The van der Waals surface area contributed by atoms with E-state index in [1.807, 2.05) is 44.2 Å². The number of hydrogen-bond acceptors (Lipinski definition) is 3. The molecule has 2 rings (SSSR count). The molecule has 0 aliphatic heterocycles. The van der Waals surface area contributed by atoms with Gasteiger partial charge in [-0.05, 0) is 59.6 Å². The highest BCUT2D eigenvalue weighted by atomic mass is 79.9. The summed E-state index contributed by atoms with van der Waals surface area (Å²) in [5.41, 5.74) is 0.868. The molecule has 0 amide bonds. The van der Waals surface area contributed by atoms with E-state index in [9.17, 15) is 5.11 Å². The number of thiophene rings is 1. The first-order valence-corrected chi connectivity index (χ1v) is 7.39. The predicted octanol–water partition coefficient (Wildman–Crippen LogP) is 4.30. The third kappa shape index (κ3) is 2.94. The van der Waals surface area contributed by atoms with Crippen LogP contribution in [0.2, 0.25) is 0 Å². The fourth-order valence-electron chi connectivity index (χ4n) is 1.72. The van der Waals surface area contributed by atoms with Crippen LogP contribution in [0, 0.1) is 6.92 Å². The third-order valence-electron chi connectivity index (χ3n) is 2.60. The topological polar surface area (TPSA) is 29.5 Å². The zero-order valence-electron chi connectivity index (χ0n) is 10.3. The Morgan fingerprint density at radius 3 is 2.67 bits per heavy atom. The normalized spacial score (nSPS) is 12.4. The van der Waals surface area contributed by atoms with Crippen molar-refractivity contribution in [2.24, 2.45) is 0 Å². The molecule has 0 aliphatic carbocycles. The summed E-state index contributed by atoms with van der Waals surface area (Å²) in [5.74, 6) is 0.802. The molecule has 1 aromatic heterocycles. The largest absolute Gasteiger partial charge is 0.493 e. The van der Waals surface area contributed by atoms with Gasteiger partial charge in [0.15, 0.2) is 0 Å². The van der Waals surface area contributed by atoms with Gasteiger partial charge in [0, 0.05) is 9.75 Å². The molecule has 1 unspecified atom stereocenters. The number of aryl methyl sites for hydroxylation is 1. The molecular weight excluding hydrogens is 312 g/mol. The second-order valence-corrected chi connectivity index (χ2v) is 6.15. The van der Waals surface area contributed by atoms with Gasteiger partial charge in [-0.25, -0.2) is 0 Å². The van der Waals surface area contributed by atoms with Crippen LogP contribution in [0.3, 0.4) is 0 Å². The van der Waals surface area contributed by atoms with E-state index in [1.165, 1.54) is 4.88 Å². The molecule has 0 spiro atoms. The molecule has 2 nitrogen and oxygen atoms in total. The van der Waals surface area contributed by atoms with Crippen molar-refractivity contribution >= 4 is 27.3 Å². The van der Waals surface area contributed by atoms with Crippen molar-refractivity contribution in [3.63, 3.8) is 0 Å². The van der Waals surface area contributed by atoms with Gasteiger partial charge in [0.25, 0.3) is 0 Å². The van der Waals surface area contributed by atoms with Crippen LogP contribution < -0.4 is 4.74 Å². The van der Waals surface area contributed by atoms with E-state index >= 15 is 0 Å². The van der Waals surface area contributed by atoms with Crippen molar-refractivity contribution in [1.29, 1.82) is 0 Å². The number of ether oxygens (including phenoxy) is 1. The monoisotopic (exact) mass is 326 g/mol. The summed E-state index contributed by atoms with van der Waals surface area (Å²) in [4.78, 5) is 2.16. The van der Waals surface area contributed by atoms with Crippen LogP contribution in [0.4, 0.5) is 0 Å². The van der Waals surface area contributed by atoms with Gasteiger partial charge in [-0.3, -0.25) is 0 Å². The minimum absolute atomic E-state index is 0.573. The zero-order valence-corrected chi connectivity index (χ0v) is 12.7. The van der Waals surface area contributed by atoms with E-state index in [0.29, 0.717) is 6.61 Å². The Balaban J connectivity index is 2.26. The van der Waals surface area contributed by atoms with Gasteiger partial charge in [0.1, 0.15) is 11.9 Å². The molecule has 2 aromatic rings. The lowest BCUT2D eigenvalue weighted by Crippen LogP contribution is -1.98. The molecule has 0 fully saturated rings. The fraction of sp³-hybridized carbons (Fsp3) is 0.286. The Bertz CT molecular complexity index is 536. The summed E-state index contributed by atoms with van der Waals surface area (Å²) in [6.45, 7) is 4.61. The molecule has 0 bridgehead atoms. The predicted molar refractivity (Wildman–Crippen MR) is 78.4 cm³/mol.